The van der Waals surface area contributed by atoms with E-state index in [4.69, 9.17) is 10.8 Å². The number of likely N-dealkylation sites (tertiary alicyclic amines) is 1. The van der Waals surface area contributed by atoms with E-state index in [9.17, 15) is 14.4 Å². The lowest BCUT2D eigenvalue weighted by molar-refractivity contribution is -0.126. The molecule has 2 heterocycles. The second kappa shape index (κ2) is 4.61. The van der Waals surface area contributed by atoms with Gasteiger partial charge < -0.3 is 15.7 Å². The Bertz CT molecular complexity index is 556. The van der Waals surface area contributed by atoms with E-state index >= 15 is 0 Å². The van der Waals surface area contributed by atoms with Crippen molar-refractivity contribution >= 4 is 29.1 Å². The maximum absolute atomic E-state index is 12.1. The standard InChI is InChI=1S/C11H13N3O4S/c1-11(10(12)18)2-3-14(5-11)8(15)7-13-6(4-19-7)9(16)17/h4H,2-3,5H2,1H3,(H2,12,18)(H,16,17). The van der Waals surface area contributed by atoms with Crippen LogP contribution in [0.1, 0.15) is 33.6 Å². The molecule has 0 radical (unpaired) electrons. The van der Waals surface area contributed by atoms with Gasteiger partial charge in [-0.1, -0.05) is 0 Å². The largest absolute Gasteiger partial charge is 0.476 e. The van der Waals surface area contributed by atoms with Crippen LogP contribution in [0.4, 0.5) is 0 Å². The predicted octanol–water partition coefficient (Wildman–Crippen LogP) is 0.179. The van der Waals surface area contributed by atoms with E-state index in [1.807, 2.05) is 0 Å². The Morgan fingerprint density at radius 2 is 2.21 bits per heavy atom. The normalized spacial score (nSPS) is 22.5. The highest BCUT2D eigenvalue weighted by Gasteiger charge is 2.41. The monoisotopic (exact) mass is 283 g/mol. The van der Waals surface area contributed by atoms with Gasteiger partial charge in [0.15, 0.2) is 10.7 Å². The first-order valence-corrected chi connectivity index (χ1v) is 6.49. The number of aromatic carboxylic acids is 1. The van der Waals surface area contributed by atoms with Crippen LogP contribution < -0.4 is 5.73 Å². The number of thiazole rings is 1. The molecule has 1 unspecified atom stereocenters. The number of carboxylic acid groups (broad SMARTS) is 1. The second-order valence-corrected chi connectivity index (χ2v) is 5.60. The SMILES string of the molecule is CC1(C(N)=O)CCN(C(=O)c2nc(C(=O)O)cs2)C1. The molecule has 1 aliphatic heterocycles. The zero-order valence-corrected chi connectivity index (χ0v) is 11.1. The van der Waals surface area contributed by atoms with E-state index in [1.165, 1.54) is 10.3 Å². The summed E-state index contributed by atoms with van der Waals surface area (Å²) in [5.41, 5.74) is 4.44. The van der Waals surface area contributed by atoms with Crippen LogP contribution in [0.5, 0.6) is 0 Å². The molecule has 8 heteroatoms. The molecule has 0 saturated carbocycles. The van der Waals surface area contributed by atoms with E-state index in [-0.39, 0.29) is 23.2 Å². The third-order valence-corrected chi connectivity index (χ3v) is 4.09. The van der Waals surface area contributed by atoms with Gasteiger partial charge in [0.1, 0.15) is 0 Å². The van der Waals surface area contributed by atoms with Crippen molar-refractivity contribution in [2.24, 2.45) is 11.1 Å². The van der Waals surface area contributed by atoms with Gasteiger partial charge in [-0.05, 0) is 13.3 Å². The van der Waals surface area contributed by atoms with E-state index in [2.05, 4.69) is 4.98 Å². The minimum atomic E-state index is -1.17. The van der Waals surface area contributed by atoms with Crippen LogP contribution >= 0.6 is 11.3 Å². The van der Waals surface area contributed by atoms with Crippen molar-refractivity contribution in [3.63, 3.8) is 0 Å². The second-order valence-electron chi connectivity index (χ2n) is 4.74. The number of amides is 2. The minimum absolute atomic E-state index is 0.117. The molecule has 102 valence electrons. The lowest BCUT2D eigenvalue weighted by Crippen LogP contribution is -2.38. The van der Waals surface area contributed by atoms with Crippen LogP contribution in [0.3, 0.4) is 0 Å². The first kappa shape index (κ1) is 13.5. The van der Waals surface area contributed by atoms with Gasteiger partial charge in [-0.3, -0.25) is 9.59 Å². The summed E-state index contributed by atoms with van der Waals surface area (Å²) in [5.74, 6) is -1.96. The van der Waals surface area contributed by atoms with Crippen molar-refractivity contribution in [1.82, 2.24) is 9.88 Å². The van der Waals surface area contributed by atoms with Gasteiger partial charge in [-0.15, -0.1) is 11.3 Å². The molecule has 1 saturated heterocycles. The van der Waals surface area contributed by atoms with Gasteiger partial charge in [-0.2, -0.15) is 0 Å². The fourth-order valence-electron chi connectivity index (χ4n) is 1.94. The van der Waals surface area contributed by atoms with Crippen LogP contribution in [0.2, 0.25) is 0 Å². The number of nitrogens with zero attached hydrogens (tertiary/aromatic N) is 2. The molecule has 1 atom stereocenters. The number of carboxylic acids is 1. The van der Waals surface area contributed by atoms with E-state index in [1.54, 1.807) is 6.92 Å². The molecule has 0 aliphatic carbocycles. The maximum Gasteiger partial charge on any atom is 0.355 e. The molecular formula is C11H13N3O4S. The first-order chi connectivity index (χ1) is 8.83. The minimum Gasteiger partial charge on any atom is -0.476 e. The highest BCUT2D eigenvalue weighted by atomic mass is 32.1. The van der Waals surface area contributed by atoms with Crippen molar-refractivity contribution < 1.29 is 19.5 Å². The highest BCUT2D eigenvalue weighted by molar-refractivity contribution is 7.11. The molecule has 1 aliphatic rings. The van der Waals surface area contributed by atoms with E-state index < -0.39 is 17.3 Å². The number of aromatic nitrogens is 1. The third-order valence-electron chi connectivity index (χ3n) is 3.26. The average molecular weight is 283 g/mol. The van der Waals surface area contributed by atoms with Crippen molar-refractivity contribution in [2.45, 2.75) is 13.3 Å². The smallest absolute Gasteiger partial charge is 0.355 e. The van der Waals surface area contributed by atoms with Crippen molar-refractivity contribution in [3.05, 3.63) is 16.1 Å². The van der Waals surface area contributed by atoms with Crippen molar-refractivity contribution in [3.8, 4) is 0 Å². The fourth-order valence-corrected chi connectivity index (χ4v) is 2.70. The summed E-state index contributed by atoms with van der Waals surface area (Å²) in [7, 11) is 0. The number of carbonyl (C=O) groups is 3. The Morgan fingerprint density at radius 1 is 1.53 bits per heavy atom. The first-order valence-electron chi connectivity index (χ1n) is 5.61. The van der Waals surface area contributed by atoms with Gasteiger partial charge in [-0.25, -0.2) is 9.78 Å². The Morgan fingerprint density at radius 3 is 2.68 bits per heavy atom. The van der Waals surface area contributed by atoms with Crippen molar-refractivity contribution in [1.29, 1.82) is 0 Å². The molecule has 1 aromatic rings. The number of carbonyl (C=O) groups excluding carboxylic acids is 2. The Kier molecular flexibility index (Phi) is 3.27. The average Bonchev–Trinajstić information content (AvgIpc) is 2.95. The van der Waals surface area contributed by atoms with E-state index in [0.717, 1.165) is 11.3 Å². The summed E-state index contributed by atoms with van der Waals surface area (Å²) in [6.07, 6.45) is 0.505. The summed E-state index contributed by atoms with van der Waals surface area (Å²) in [4.78, 5) is 39.4. The van der Waals surface area contributed by atoms with Crippen LogP contribution in [-0.4, -0.2) is 45.9 Å². The topological polar surface area (TPSA) is 114 Å². The molecule has 7 nitrogen and oxygen atoms in total. The number of hydrogen-bond acceptors (Lipinski definition) is 5. The molecule has 0 aromatic carbocycles. The zero-order valence-electron chi connectivity index (χ0n) is 10.3. The van der Waals surface area contributed by atoms with Gasteiger partial charge in [0.2, 0.25) is 5.91 Å². The molecule has 0 spiro atoms. The number of hydrogen-bond donors (Lipinski definition) is 2. The molecule has 3 N–H and O–H groups in total. The summed E-state index contributed by atoms with van der Waals surface area (Å²) in [5, 5.41) is 10.2. The van der Waals surface area contributed by atoms with Gasteiger partial charge in [0.05, 0.1) is 5.41 Å². The molecule has 19 heavy (non-hydrogen) atoms. The molecular weight excluding hydrogens is 270 g/mol. The summed E-state index contributed by atoms with van der Waals surface area (Å²) in [6, 6.07) is 0. The Balaban J connectivity index is 2.13. The van der Waals surface area contributed by atoms with Crippen LogP contribution in [-0.2, 0) is 4.79 Å². The lowest BCUT2D eigenvalue weighted by atomic mass is 9.89. The third kappa shape index (κ3) is 2.43. The summed E-state index contributed by atoms with van der Waals surface area (Å²) >= 11 is 0.982. The Labute approximate surface area is 113 Å². The molecule has 2 amide bonds. The summed E-state index contributed by atoms with van der Waals surface area (Å²) < 4.78 is 0. The lowest BCUT2D eigenvalue weighted by Gasteiger charge is -2.20. The Hall–Kier alpha value is -1.96. The maximum atomic E-state index is 12.1. The molecule has 2 rings (SSSR count). The highest BCUT2D eigenvalue weighted by Crippen LogP contribution is 2.30. The number of rotatable bonds is 3. The predicted molar refractivity (Wildman–Crippen MR) is 66.9 cm³/mol. The van der Waals surface area contributed by atoms with E-state index in [0.29, 0.717) is 13.0 Å². The number of nitrogens with two attached hydrogens (primary N) is 1. The van der Waals surface area contributed by atoms with Crippen LogP contribution in [0.15, 0.2) is 5.38 Å². The molecule has 0 bridgehead atoms. The molecule has 1 fully saturated rings. The molecule has 1 aromatic heterocycles. The van der Waals surface area contributed by atoms with Gasteiger partial charge >= 0.3 is 5.97 Å². The zero-order chi connectivity index (χ0) is 14.2. The number of primary amides is 1. The van der Waals surface area contributed by atoms with Crippen LogP contribution in [0.25, 0.3) is 0 Å². The van der Waals surface area contributed by atoms with Gasteiger partial charge in [0.25, 0.3) is 5.91 Å². The van der Waals surface area contributed by atoms with Crippen molar-refractivity contribution in [2.75, 3.05) is 13.1 Å². The fraction of sp³-hybridized carbons (Fsp3) is 0.455. The van der Waals surface area contributed by atoms with Crippen LogP contribution in [0, 0.1) is 5.41 Å². The summed E-state index contributed by atoms with van der Waals surface area (Å²) in [6.45, 7) is 2.37. The van der Waals surface area contributed by atoms with Gasteiger partial charge in [0, 0.05) is 18.5 Å². The quantitative estimate of drug-likeness (QED) is 0.821.